The highest BCUT2D eigenvalue weighted by atomic mass is 16.5. The number of aliphatic hydroxyl groups is 1. The minimum Gasteiger partial charge on any atom is -0.488 e. The first-order valence-electron chi connectivity index (χ1n) is 6.67. The molecule has 0 amide bonds. The van der Waals surface area contributed by atoms with Gasteiger partial charge in [-0.3, -0.25) is 4.90 Å². The van der Waals surface area contributed by atoms with Crippen molar-refractivity contribution >= 4 is 0 Å². The van der Waals surface area contributed by atoms with E-state index >= 15 is 0 Å². The third kappa shape index (κ3) is 3.47. The first kappa shape index (κ1) is 13.4. The highest BCUT2D eigenvalue weighted by molar-refractivity contribution is 5.37. The fourth-order valence-electron chi connectivity index (χ4n) is 2.50. The molecule has 1 unspecified atom stereocenters. The Morgan fingerprint density at radius 1 is 1.39 bits per heavy atom. The van der Waals surface area contributed by atoms with Crippen molar-refractivity contribution in [3.63, 3.8) is 0 Å². The number of nitrogens with zero attached hydrogens (tertiary/aromatic N) is 1. The summed E-state index contributed by atoms with van der Waals surface area (Å²) in [5.41, 5.74) is 0.642. The van der Waals surface area contributed by atoms with Crippen LogP contribution in [0.15, 0.2) is 24.3 Å². The largest absolute Gasteiger partial charge is 0.488 e. The van der Waals surface area contributed by atoms with Gasteiger partial charge in [-0.15, -0.1) is 0 Å². The Morgan fingerprint density at radius 2 is 2.11 bits per heavy atom. The molecule has 0 bridgehead atoms. The molecule has 0 saturated heterocycles. The lowest BCUT2D eigenvalue weighted by Crippen LogP contribution is -2.43. The number of hydrogen-bond acceptors (Lipinski definition) is 3. The van der Waals surface area contributed by atoms with Crippen LogP contribution in [0.25, 0.3) is 0 Å². The number of para-hydroxylation sites is 1. The van der Waals surface area contributed by atoms with E-state index in [2.05, 4.69) is 24.0 Å². The van der Waals surface area contributed by atoms with Crippen LogP contribution in [0.2, 0.25) is 0 Å². The molecule has 100 valence electrons. The molecule has 0 radical (unpaired) electrons. The SMILES string of the molecule is CCN(CC1Cc2ccccc2O1)CC(C)(C)O. The van der Waals surface area contributed by atoms with Crippen LogP contribution < -0.4 is 4.74 Å². The molecule has 18 heavy (non-hydrogen) atoms. The average Bonchev–Trinajstić information content (AvgIpc) is 2.68. The minimum absolute atomic E-state index is 0.213. The van der Waals surface area contributed by atoms with Gasteiger partial charge in [0, 0.05) is 19.5 Å². The van der Waals surface area contributed by atoms with E-state index in [1.54, 1.807) is 0 Å². The highest BCUT2D eigenvalue weighted by Gasteiger charge is 2.26. The van der Waals surface area contributed by atoms with Crippen LogP contribution in [0.1, 0.15) is 26.3 Å². The second-order valence-corrected chi connectivity index (χ2v) is 5.69. The Hall–Kier alpha value is -1.06. The normalized spacial score (nSPS) is 18.8. The van der Waals surface area contributed by atoms with Crippen molar-refractivity contribution in [1.29, 1.82) is 0 Å². The molecule has 1 N–H and O–H groups in total. The molecule has 1 heterocycles. The van der Waals surface area contributed by atoms with E-state index in [9.17, 15) is 5.11 Å². The maximum atomic E-state index is 9.88. The van der Waals surface area contributed by atoms with Crippen LogP contribution in [0.3, 0.4) is 0 Å². The molecular formula is C15H23NO2. The fourth-order valence-corrected chi connectivity index (χ4v) is 2.50. The summed E-state index contributed by atoms with van der Waals surface area (Å²) in [7, 11) is 0. The van der Waals surface area contributed by atoms with E-state index in [1.165, 1.54) is 5.56 Å². The molecular weight excluding hydrogens is 226 g/mol. The lowest BCUT2D eigenvalue weighted by atomic mass is 10.1. The van der Waals surface area contributed by atoms with Crippen molar-refractivity contribution in [3.8, 4) is 5.75 Å². The van der Waals surface area contributed by atoms with E-state index in [-0.39, 0.29) is 6.10 Å². The summed E-state index contributed by atoms with van der Waals surface area (Å²) in [5, 5.41) is 9.88. The van der Waals surface area contributed by atoms with Crippen molar-refractivity contribution in [1.82, 2.24) is 4.90 Å². The predicted molar refractivity (Wildman–Crippen MR) is 73.0 cm³/mol. The molecule has 0 saturated carbocycles. The number of rotatable bonds is 5. The van der Waals surface area contributed by atoms with Crippen LogP contribution in [0.5, 0.6) is 5.75 Å². The quantitative estimate of drug-likeness (QED) is 0.867. The number of likely N-dealkylation sites (N-methyl/N-ethyl adjacent to an activating group) is 1. The third-order valence-electron chi connectivity index (χ3n) is 3.23. The Labute approximate surface area is 109 Å². The zero-order chi connectivity index (χ0) is 13.2. The summed E-state index contributed by atoms with van der Waals surface area (Å²) in [6, 6.07) is 8.22. The number of fused-ring (bicyclic) bond motifs is 1. The van der Waals surface area contributed by atoms with Crippen LogP contribution in [-0.2, 0) is 6.42 Å². The van der Waals surface area contributed by atoms with Crippen LogP contribution in [-0.4, -0.2) is 41.3 Å². The molecule has 3 nitrogen and oxygen atoms in total. The second-order valence-electron chi connectivity index (χ2n) is 5.69. The minimum atomic E-state index is -0.651. The van der Waals surface area contributed by atoms with E-state index in [4.69, 9.17) is 4.74 Å². The van der Waals surface area contributed by atoms with Gasteiger partial charge in [0.15, 0.2) is 0 Å². The summed E-state index contributed by atoms with van der Waals surface area (Å²) in [6.07, 6.45) is 1.18. The molecule has 1 aliphatic rings. The van der Waals surface area contributed by atoms with Gasteiger partial charge in [-0.25, -0.2) is 0 Å². The van der Waals surface area contributed by atoms with Gasteiger partial charge < -0.3 is 9.84 Å². The van der Waals surface area contributed by atoms with Gasteiger partial charge in [0.05, 0.1) is 5.60 Å². The molecule has 1 aromatic carbocycles. The van der Waals surface area contributed by atoms with E-state index < -0.39 is 5.60 Å². The maximum absolute atomic E-state index is 9.88. The highest BCUT2D eigenvalue weighted by Crippen LogP contribution is 2.28. The fraction of sp³-hybridized carbons (Fsp3) is 0.600. The van der Waals surface area contributed by atoms with Crippen LogP contribution >= 0.6 is 0 Å². The van der Waals surface area contributed by atoms with Crippen molar-refractivity contribution in [2.75, 3.05) is 19.6 Å². The van der Waals surface area contributed by atoms with Gasteiger partial charge >= 0.3 is 0 Å². The van der Waals surface area contributed by atoms with Gasteiger partial charge in [-0.1, -0.05) is 25.1 Å². The molecule has 0 aromatic heterocycles. The standard InChI is InChI=1S/C15H23NO2/c1-4-16(11-15(2,3)17)10-13-9-12-7-5-6-8-14(12)18-13/h5-8,13,17H,4,9-11H2,1-3H3. The smallest absolute Gasteiger partial charge is 0.123 e. The number of hydrogen-bond donors (Lipinski definition) is 1. The van der Waals surface area contributed by atoms with E-state index in [0.717, 1.165) is 25.3 Å². The Bertz CT molecular complexity index is 373. The lowest BCUT2D eigenvalue weighted by molar-refractivity contribution is 0.0266. The van der Waals surface area contributed by atoms with Gasteiger partial charge in [0.2, 0.25) is 0 Å². The molecule has 3 heteroatoms. The topological polar surface area (TPSA) is 32.7 Å². The van der Waals surface area contributed by atoms with Gasteiger partial charge in [-0.05, 0) is 32.0 Å². The van der Waals surface area contributed by atoms with Crippen LogP contribution in [0, 0.1) is 0 Å². The zero-order valence-electron chi connectivity index (χ0n) is 11.5. The molecule has 1 aromatic rings. The number of benzene rings is 1. The lowest BCUT2D eigenvalue weighted by Gasteiger charge is -2.29. The molecule has 0 fully saturated rings. The predicted octanol–water partition coefficient (Wildman–Crippen LogP) is 2.08. The van der Waals surface area contributed by atoms with E-state index in [0.29, 0.717) is 6.54 Å². The molecule has 0 aliphatic carbocycles. The van der Waals surface area contributed by atoms with Crippen molar-refractivity contribution < 1.29 is 9.84 Å². The molecule has 1 atom stereocenters. The third-order valence-corrected chi connectivity index (χ3v) is 3.23. The van der Waals surface area contributed by atoms with Gasteiger partial charge in [0.1, 0.15) is 11.9 Å². The summed E-state index contributed by atoms with van der Waals surface area (Å²) in [6.45, 7) is 8.29. The molecule has 0 spiro atoms. The van der Waals surface area contributed by atoms with Crippen LogP contribution in [0.4, 0.5) is 0 Å². The van der Waals surface area contributed by atoms with Crippen molar-refractivity contribution in [2.24, 2.45) is 0 Å². The molecule has 1 aliphatic heterocycles. The first-order valence-corrected chi connectivity index (χ1v) is 6.67. The summed E-state index contributed by atoms with van der Waals surface area (Å²) in [5.74, 6) is 1.02. The Balaban J connectivity index is 1.92. The Morgan fingerprint density at radius 3 is 2.72 bits per heavy atom. The second kappa shape index (κ2) is 5.29. The molecule has 2 rings (SSSR count). The van der Waals surface area contributed by atoms with Gasteiger partial charge in [-0.2, -0.15) is 0 Å². The Kier molecular flexibility index (Phi) is 3.93. The zero-order valence-corrected chi connectivity index (χ0v) is 11.5. The van der Waals surface area contributed by atoms with Crippen molar-refractivity contribution in [3.05, 3.63) is 29.8 Å². The van der Waals surface area contributed by atoms with Crippen molar-refractivity contribution in [2.45, 2.75) is 38.9 Å². The average molecular weight is 249 g/mol. The summed E-state index contributed by atoms with van der Waals surface area (Å²) < 4.78 is 5.93. The number of ether oxygens (including phenoxy) is 1. The maximum Gasteiger partial charge on any atom is 0.123 e. The monoisotopic (exact) mass is 249 g/mol. The van der Waals surface area contributed by atoms with E-state index in [1.807, 2.05) is 26.0 Å². The first-order chi connectivity index (χ1) is 8.48. The summed E-state index contributed by atoms with van der Waals surface area (Å²) in [4.78, 5) is 2.25. The van der Waals surface area contributed by atoms with Gasteiger partial charge in [0.25, 0.3) is 0 Å². The summed E-state index contributed by atoms with van der Waals surface area (Å²) >= 11 is 0.